The highest BCUT2D eigenvalue weighted by Gasteiger charge is 2.31. The van der Waals surface area contributed by atoms with Crippen molar-refractivity contribution in [3.63, 3.8) is 0 Å². The molecule has 6 nitrogen and oxygen atoms in total. The van der Waals surface area contributed by atoms with E-state index in [4.69, 9.17) is 4.74 Å². The van der Waals surface area contributed by atoms with E-state index in [1.807, 2.05) is 60.0 Å². The highest BCUT2D eigenvalue weighted by molar-refractivity contribution is 7.13. The Morgan fingerprint density at radius 2 is 1.94 bits per heavy atom. The maximum absolute atomic E-state index is 13.6. The average molecular weight is 431 g/mol. The molecule has 1 aliphatic heterocycles. The minimum Gasteiger partial charge on any atom is -0.495 e. The third-order valence-corrected chi connectivity index (χ3v) is 6.43. The molecular formula is C24H22N4O2S. The van der Waals surface area contributed by atoms with E-state index >= 15 is 0 Å². The van der Waals surface area contributed by atoms with Crippen LogP contribution in [-0.4, -0.2) is 34.3 Å². The summed E-state index contributed by atoms with van der Waals surface area (Å²) < 4.78 is 7.35. The lowest BCUT2D eigenvalue weighted by Gasteiger charge is -2.31. The summed E-state index contributed by atoms with van der Waals surface area (Å²) in [5.41, 5.74) is 4.02. The zero-order valence-electron chi connectivity index (χ0n) is 17.4. The Morgan fingerprint density at radius 3 is 2.68 bits per heavy atom. The molecule has 0 fully saturated rings. The largest absolute Gasteiger partial charge is 0.495 e. The molecule has 0 atom stereocenters. The van der Waals surface area contributed by atoms with Crippen LogP contribution in [0.1, 0.15) is 28.2 Å². The van der Waals surface area contributed by atoms with Gasteiger partial charge in [-0.3, -0.25) is 4.79 Å². The summed E-state index contributed by atoms with van der Waals surface area (Å²) in [6.07, 6.45) is 1.82. The first-order valence-electron chi connectivity index (χ1n) is 10.2. The minimum atomic E-state index is -0.211. The Bertz CT molecular complexity index is 1230. The number of methoxy groups -OCH3 is 1. The van der Waals surface area contributed by atoms with Crippen molar-refractivity contribution in [1.29, 1.82) is 0 Å². The number of nitrogens with zero attached hydrogens (tertiary/aromatic N) is 4. The van der Waals surface area contributed by atoms with Crippen LogP contribution >= 0.6 is 11.3 Å². The van der Waals surface area contributed by atoms with E-state index in [9.17, 15) is 4.79 Å². The van der Waals surface area contributed by atoms with E-state index < -0.39 is 0 Å². The summed E-state index contributed by atoms with van der Waals surface area (Å²) in [4.78, 5) is 21.1. The van der Waals surface area contributed by atoms with Gasteiger partial charge < -0.3 is 9.64 Å². The lowest BCUT2D eigenvalue weighted by atomic mass is 9.96. The number of amides is 1. The normalized spacial score (nSPS) is 13.2. The number of carbonyl (C=O) groups is 1. The van der Waals surface area contributed by atoms with Gasteiger partial charge in [0.1, 0.15) is 5.75 Å². The topological polar surface area (TPSA) is 60.2 Å². The number of ether oxygens (including phenoxy) is 1. The molecule has 0 unspecified atom stereocenters. The molecule has 0 spiro atoms. The van der Waals surface area contributed by atoms with Gasteiger partial charge >= 0.3 is 0 Å². The highest BCUT2D eigenvalue weighted by Crippen LogP contribution is 2.39. The fourth-order valence-electron chi connectivity index (χ4n) is 4.06. The van der Waals surface area contributed by atoms with Gasteiger partial charge in [-0.25, -0.2) is 9.67 Å². The predicted octanol–water partition coefficient (Wildman–Crippen LogP) is 4.91. The number of anilines is 1. The third-order valence-electron chi connectivity index (χ3n) is 5.56. The quantitative estimate of drug-likeness (QED) is 0.462. The van der Waals surface area contributed by atoms with E-state index in [2.05, 4.69) is 17.0 Å². The van der Waals surface area contributed by atoms with Gasteiger partial charge in [0.25, 0.3) is 5.91 Å². The van der Waals surface area contributed by atoms with Gasteiger partial charge in [-0.15, -0.1) is 16.4 Å². The van der Waals surface area contributed by atoms with E-state index in [0.717, 1.165) is 40.2 Å². The van der Waals surface area contributed by atoms with E-state index in [1.54, 1.807) is 28.0 Å². The molecule has 1 aliphatic rings. The molecule has 2 aromatic carbocycles. The number of para-hydroxylation sites is 1. The zero-order valence-corrected chi connectivity index (χ0v) is 18.2. The van der Waals surface area contributed by atoms with Crippen molar-refractivity contribution >= 4 is 22.9 Å². The number of aromatic nitrogens is 3. The number of hydrogen-bond donors (Lipinski definition) is 0. The molecule has 0 bridgehead atoms. The number of thiophene rings is 1. The van der Waals surface area contributed by atoms with Crippen LogP contribution in [0.4, 0.5) is 5.69 Å². The summed E-state index contributed by atoms with van der Waals surface area (Å²) in [6.45, 7) is 2.68. The van der Waals surface area contributed by atoms with Crippen molar-refractivity contribution in [3.8, 4) is 22.1 Å². The molecule has 1 amide bonds. The van der Waals surface area contributed by atoms with Crippen LogP contribution < -0.4 is 9.64 Å². The van der Waals surface area contributed by atoms with Crippen LogP contribution in [0.2, 0.25) is 0 Å². The van der Waals surface area contributed by atoms with Crippen LogP contribution in [0.3, 0.4) is 0 Å². The van der Waals surface area contributed by atoms with E-state index in [0.29, 0.717) is 18.1 Å². The van der Waals surface area contributed by atoms with Crippen LogP contribution in [-0.2, 0) is 6.42 Å². The molecule has 5 rings (SSSR count). The number of carbonyl (C=O) groups excluding carboxylic acids is 1. The van der Waals surface area contributed by atoms with Gasteiger partial charge in [0.15, 0.2) is 5.82 Å². The second-order valence-corrected chi connectivity index (χ2v) is 8.40. The first-order valence-corrected chi connectivity index (χ1v) is 11.1. The van der Waals surface area contributed by atoms with Crippen molar-refractivity contribution < 1.29 is 9.53 Å². The summed E-state index contributed by atoms with van der Waals surface area (Å²) in [5.74, 6) is 1.34. The second-order valence-electron chi connectivity index (χ2n) is 7.46. The SMILES string of the molecule is COc1ccc(C)c2c1N(C(=O)c1nc(-c3cccs3)n(-c3ccccc3)n1)CCC2. The Kier molecular flexibility index (Phi) is 5.03. The standard InChI is InChI=1S/C24H22N4O2S/c1-16-12-13-19(30-2)21-18(16)10-6-14-27(21)24(29)22-25-23(20-11-7-15-31-20)28(26-22)17-8-4-3-5-9-17/h3-5,7-9,11-13,15H,6,10,14H2,1-2H3. The minimum absolute atomic E-state index is 0.184. The van der Waals surface area contributed by atoms with E-state index in [1.165, 1.54) is 0 Å². The highest BCUT2D eigenvalue weighted by atomic mass is 32.1. The first-order chi connectivity index (χ1) is 15.2. The molecule has 2 aromatic heterocycles. The number of fused-ring (bicyclic) bond motifs is 1. The molecule has 156 valence electrons. The second kappa shape index (κ2) is 8.00. The van der Waals surface area contributed by atoms with Crippen molar-refractivity contribution in [2.75, 3.05) is 18.6 Å². The molecule has 0 aliphatic carbocycles. The molecule has 0 saturated heterocycles. The molecule has 7 heteroatoms. The third kappa shape index (κ3) is 3.41. The van der Waals surface area contributed by atoms with Crippen LogP contribution in [0.5, 0.6) is 5.75 Å². The zero-order chi connectivity index (χ0) is 21.4. The molecule has 4 aromatic rings. The Morgan fingerprint density at radius 1 is 1.10 bits per heavy atom. The maximum Gasteiger partial charge on any atom is 0.298 e. The van der Waals surface area contributed by atoms with Crippen molar-refractivity contribution in [2.45, 2.75) is 19.8 Å². The van der Waals surface area contributed by atoms with Crippen molar-refractivity contribution in [1.82, 2.24) is 14.8 Å². The Hall–Kier alpha value is -3.45. The van der Waals surface area contributed by atoms with Crippen LogP contribution in [0, 0.1) is 6.92 Å². The summed E-state index contributed by atoms with van der Waals surface area (Å²) >= 11 is 1.57. The fourth-order valence-corrected chi connectivity index (χ4v) is 4.76. The van der Waals surface area contributed by atoms with Crippen LogP contribution in [0.15, 0.2) is 60.0 Å². The average Bonchev–Trinajstić information content (AvgIpc) is 3.49. The fraction of sp³-hybridized carbons (Fsp3) is 0.208. The lowest BCUT2D eigenvalue weighted by Crippen LogP contribution is -2.36. The summed E-state index contributed by atoms with van der Waals surface area (Å²) in [5, 5.41) is 6.64. The molecule has 0 radical (unpaired) electrons. The van der Waals surface area contributed by atoms with Crippen molar-refractivity contribution in [2.24, 2.45) is 0 Å². The first kappa shape index (κ1) is 19.5. The molecule has 3 heterocycles. The van der Waals surface area contributed by atoms with Gasteiger partial charge in [-0.2, -0.15) is 0 Å². The van der Waals surface area contributed by atoms with Gasteiger partial charge in [0, 0.05) is 6.54 Å². The van der Waals surface area contributed by atoms with Gasteiger partial charge in [-0.05, 0) is 60.5 Å². The van der Waals surface area contributed by atoms with Gasteiger partial charge in [-0.1, -0.05) is 30.3 Å². The smallest absolute Gasteiger partial charge is 0.298 e. The van der Waals surface area contributed by atoms with E-state index in [-0.39, 0.29) is 11.7 Å². The molecular weight excluding hydrogens is 408 g/mol. The molecule has 31 heavy (non-hydrogen) atoms. The number of aryl methyl sites for hydroxylation is 1. The lowest BCUT2D eigenvalue weighted by molar-refractivity contribution is 0.0974. The molecule has 0 N–H and O–H groups in total. The Balaban J connectivity index is 1.62. The number of hydrogen-bond acceptors (Lipinski definition) is 5. The summed E-state index contributed by atoms with van der Waals surface area (Å²) in [6, 6.07) is 17.7. The molecule has 0 saturated carbocycles. The maximum atomic E-state index is 13.6. The van der Waals surface area contributed by atoms with Gasteiger partial charge in [0.2, 0.25) is 5.82 Å². The van der Waals surface area contributed by atoms with Crippen molar-refractivity contribution in [3.05, 3.63) is 76.9 Å². The van der Waals surface area contributed by atoms with Crippen LogP contribution in [0.25, 0.3) is 16.4 Å². The number of benzene rings is 2. The van der Waals surface area contributed by atoms with Gasteiger partial charge in [0.05, 0.1) is 23.4 Å². The Labute approximate surface area is 184 Å². The summed E-state index contributed by atoms with van der Waals surface area (Å²) in [7, 11) is 1.64. The monoisotopic (exact) mass is 430 g/mol. The number of rotatable bonds is 4. The predicted molar refractivity (Wildman–Crippen MR) is 122 cm³/mol.